The topological polar surface area (TPSA) is 72.2 Å². The normalized spacial score (nSPS) is 18.6. The quantitative estimate of drug-likeness (QED) is 0.684. The number of nitro groups is 1. The Labute approximate surface area is 113 Å². The molecule has 0 saturated carbocycles. The summed E-state index contributed by atoms with van der Waals surface area (Å²) in [5.74, 6) is 1.54. The number of hydrogen-bond donors (Lipinski definition) is 1. The largest absolute Gasteiger partial charge is 0.348 e. The summed E-state index contributed by atoms with van der Waals surface area (Å²) >= 11 is 7.65. The molecule has 1 aromatic carbocycles. The molecule has 1 fully saturated rings. The predicted molar refractivity (Wildman–Crippen MR) is 71.3 cm³/mol. The van der Waals surface area contributed by atoms with Crippen molar-refractivity contribution in [2.75, 3.05) is 11.5 Å². The first-order chi connectivity index (χ1) is 8.59. The van der Waals surface area contributed by atoms with Gasteiger partial charge in [0, 0.05) is 17.9 Å². The Morgan fingerprint density at radius 1 is 1.56 bits per heavy atom. The molecule has 18 heavy (non-hydrogen) atoms. The molecule has 0 aromatic heterocycles. The standard InChI is InChI=1S/C11H11ClN2O3S/c12-10-8(2-1-3-9(10)14(16)17)11(15)13-7-4-5-18-6-7/h1-3,7H,4-6H2,(H,13,15). The first-order valence-electron chi connectivity index (χ1n) is 5.41. The van der Waals surface area contributed by atoms with Crippen LogP contribution in [0.25, 0.3) is 0 Å². The molecule has 1 aromatic rings. The van der Waals surface area contributed by atoms with Crippen molar-refractivity contribution in [1.82, 2.24) is 5.32 Å². The lowest BCUT2D eigenvalue weighted by atomic mass is 10.1. The number of benzene rings is 1. The Bertz CT molecular complexity index is 489. The molecule has 96 valence electrons. The van der Waals surface area contributed by atoms with Gasteiger partial charge in [0.05, 0.1) is 10.5 Å². The minimum absolute atomic E-state index is 0.106. The van der Waals surface area contributed by atoms with Crippen LogP contribution in [0.15, 0.2) is 18.2 Å². The van der Waals surface area contributed by atoms with Crippen LogP contribution in [0.3, 0.4) is 0 Å². The zero-order valence-corrected chi connectivity index (χ0v) is 11.0. The molecule has 1 N–H and O–H groups in total. The molecule has 0 aliphatic carbocycles. The molecule has 1 saturated heterocycles. The highest BCUT2D eigenvalue weighted by Crippen LogP contribution is 2.28. The summed E-state index contributed by atoms with van der Waals surface area (Å²) in [4.78, 5) is 22.1. The second-order valence-corrected chi connectivity index (χ2v) is 5.46. The number of halogens is 1. The van der Waals surface area contributed by atoms with E-state index in [0.29, 0.717) is 0 Å². The van der Waals surface area contributed by atoms with Gasteiger partial charge in [-0.3, -0.25) is 14.9 Å². The van der Waals surface area contributed by atoms with Crippen molar-refractivity contribution in [2.45, 2.75) is 12.5 Å². The van der Waals surface area contributed by atoms with Crippen LogP contribution in [0.4, 0.5) is 5.69 Å². The third-order valence-electron chi connectivity index (χ3n) is 2.68. The number of carbonyl (C=O) groups excluding carboxylic acids is 1. The summed E-state index contributed by atoms with van der Waals surface area (Å²) in [6, 6.07) is 4.36. The first-order valence-corrected chi connectivity index (χ1v) is 6.94. The van der Waals surface area contributed by atoms with E-state index >= 15 is 0 Å². The molecule has 1 unspecified atom stereocenters. The van der Waals surface area contributed by atoms with Crippen LogP contribution in [0.2, 0.25) is 5.02 Å². The lowest BCUT2D eigenvalue weighted by molar-refractivity contribution is -0.384. The van der Waals surface area contributed by atoms with Crippen LogP contribution in [-0.4, -0.2) is 28.4 Å². The Balaban J connectivity index is 2.19. The molecule has 0 bridgehead atoms. The van der Waals surface area contributed by atoms with E-state index in [2.05, 4.69) is 5.32 Å². The number of nitro benzene ring substituents is 1. The van der Waals surface area contributed by atoms with Crippen molar-refractivity contribution < 1.29 is 9.72 Å². The van der Waals surface area contributed by atoms with E-state index in [-0.39, 0.29) is 28.2 Å². The summed E-state index contributed by atoms with van der Waals surface area (Å²) in [5, 5.41) is 13.5. The highest BCUT2D eigenvalue weighted by atomic mass is 35.5. The zero-order chi connectivity index (χ0) is 13.1. The maximum Gasteiger partial charge on any atom is 0.288 e. The fourth-order valence-corrected chi connectivity index (χ4v) is 3.18. The molecule has 0 radical (unpaired) electrons. The fraction of sp³-hybridized carbons (Fsp3) is 0.364. The molecule has 2 rings (SSSR count). The van der Waals surface area contributed by atoms with Crippen LogP contribution >= 0.6 is 23.4 Å². The summed E-state index contributed by atoms with van der Waals surface area (Å²) in [5.41, 5.74) is -0.0899. The molecule has 5 nitrogen and oxygen atoms in total. The van der Waals surface area contributed by atoms with Gasteiger partial charge in [-0.1, -0.05) is 17.7 Å². The fourth-order valence-electron chi connectivity index (χ4n) is 1.75. The smallest absolute Gasteiger partial charge is 0.288 e. The number of rotatable bonds is 3. The summed E-state index contributed by atoms with van der Waals surface area (Å²) in [6.07, 6.45) is 0.920. The summed E-state index contributed by atoms with van der Waals surface area (Å²) < 4.78 is 0. The van der Waals surface area contributed by atoms with E-state index in [1.807, 2.05) is 0 Å². The average Bonchev–Trinajstić information content (AvgIpc) is 2.81. The lowest BCUT2D eigenvalue weighted by Crippen LogP contribution is -2.34. The van der Waals surface area contributed by atoms with Gasteiger partial charge in [0.25, 0.3) is 11.6 Å². The first kappa shape index (κ1) is 13.2. The van der Waals surface area contributed by atoms with Crippen molar-refractivity contribution >= 4 is 35.0 Å². The van der Waals surface area contributed by atoms with E-state index in [1.165, 1.54) is 18.2 Å². The van der Waals surface area contributed by atoms with Crippen molar-refractivity contribution in [3.63, 3.8) is 0 Å². The van der Waals surface area contributed by atoms with Gasteiger partial charge in [-0.05, 0) is 18.2 Å². The molecule has 1 atom stereocenters. The van der Waals surface area contributed by atoms with Gasteiger partial charge >= 0.3 is 0 Å². The number of nitrogens with one attached hydrogen (secondary N) is 1. The maximum atomic E-state index is 12.0. The minimum atomic E-state index is -0.593. The minimum Gasteiger partial charge on any atom is -0.348 e. The van der Waals surface area contributed by atoms with E-state index < -0.39 is 4.92 Å². The van der Waals surface area contributed by atoms with E-state index in [4.69, 9.17) is 11.6 Å². The molecule has 0 spiro atoms. The van der Waals surface area contributed by atoms with Gasteiger partial charge in [0.1, 0.15) is 5.02 Å². The van der Waals surface area contributed by atoms with Crippen molar-refractivity contribution in [2.24, 2.45) is 0 Å². The van der Waals surface area contributed by atoms with Crippen LogP contribution in [-0.2, 0) is 0 Å². The highest BCUT2D eigenvalue weighted by molar-refractivity contribution is 7.99. The SMILES string of the molecule is O=C(NC1CCSC1)c1cccc([N+](=O)[O-])c1Cl. The van der Waals surface area contributed by atoms with Crippen LogP contribution in [0.5, 0.6) is 0 Å². The maximum absolute atomic E-state index is 12.0. The van der Waals surface area contributed by atoms with E-state index in [1.54, 1.807) is 11.8 Å². The van der Waals surface area contributed by atoms with Crippen LogP contribution in [0, 0.1) is 10.1 Å². The third-order valence-corrected chi connectivity index (χ3v) is 4.24. The number of carbonyl (C=O) groups is 1. The lowest BCUT2D eigenvalue weighted by Gasteiger charge is -2.11. The molecule has 1 aliphatic heterocycles. The molecule has 1 amide bonds. The molecule has 1 heterocycles. The second-order valence-electron chi connectivity index (χ2n) is 3.93. The van der Waals surface area contributed by atoms with E-state index in [0.717, 1.165) is 17.9 Å². The van der Waals surface area contributed by atoms with Crippen molar-refractivity contribution in [3.05, 3.63) is 38.9 Å². The molecular weight excluding hydrogens is 276 g/mol. The van der Waals surface area contributed by atoms with Gasteiger partial charge in [0.15, 0.2) is 0 Å². The molecule has 1 aliphatic rings. The Hall–Kier alpha value is -1.27. The molecule has 7 heteroatoms. The Kier molecular flexibility index (Phi) is 4.08. The van der Waals surface area contributed by atoms with Gasteiger partial charge in [-0.2, -0.15) is 11.8 Å². The predicted octanol–water partition coefficient (Wildman–Crippen LogP) is 2.48. The van der Waals surface area contributed by atoms with Gasteiger partial charge in [-0.25, -0.2) is 0 Å². The molecular formula is C11H11ClN2O3S. The van der Waals surface area contributed by atoms with Gasteiger partial charge < -0.3 is 5.32 Å². The monoisotopic (exact) mass is 286 g/mol. The van der Waals surface area contributed by atoms with Gasteiger partial charge in [0.2, 0.25) is 0 Å². The number of nitrogens with zero attached hydrogens (tertiary/aromatic N) is 1. The Morgan fingerprint density at radius 2 is 2.33 bits per heavy atom. The number of hydrogen-bond acceptors (Lipinski definition) is 4. The number of amides is 1. The highest BCUT2D eigenvalue weighted by Gasteiger charge is 2.23. The number of thioether (sulfide) groups is 1. The summed E-state index contributed by atoms with van der Waals surface area (Å²) in [7, 11) is 0. The van der Waals surface area contributed by atoms with Crippen LogP contribution in [0.1, 0.15) is 16.8 Å². The van der Waals surface area contributed by atoms with Gasteiger partial charge in [-0.15, -0.1) is 0 Å². The van der Waals surface area contributed by atoms with Crippen LogP contribution < -0.4 is 5.32 Å². The second kappa shape index (κ2) is 5.58. The van der Waals surface area contributed by atoms with Crippen molar-refractivity contribution in [1.29, 1.82) is 0 Å². The zero-order valence-electron chi connectivity index (χ0n) is 9.39. The average molecular weight is 287 g/mol. The summed E-state index contributed by atoms with van der Waals surface area (Å²) in [6.45, 7) is 0. The van der Waals surface area contributed by atoms with E-state index in [9.17, 15) is 14.9 Å². The van der Waals surface area contributed by atoms with Crippen molar-refractivity contribution in [3.8, 4) is 0 Å². The third kappa shape index (κ3) is 2.76. The Morgan fingerprint density at radius 3 is 2.94 bits per heavy atom.